The lowest BCUT2D eigenvalue weighted by molar-refractivity contribution is 0.0665. The molecule has 116 valence electrons. The average Bonchev–Trinajstić information content (AvgIpc) is 3.05. The Morgan fingerprint density at radius 2 is 2.09 bits per heavy atom. The molecule has 0 bridgehead atoms. The first kappa shape index (κ1) is 14.8. The third-order valence-corrected chi connectivity index (χ3v) is 4.31. The van der Waals surface area contributed by atoms with Crippen molar-refractivity contribution >= 4 is 5.91 Å². The highest BCUT2D eigenvalue weighted by atomic mass is 16.5. The van der Waals surface area contributed by atoms with Crippen molar-refractivity contribution in [3.05, 3.63) is 53.4 Å². The Balaban J connectivity index is 1.72. The summed E-state index contributed by atoms with van der Waals surface area (Å²) in [5.74, 6) is 0.993. The fraction of sp³-hybridized carbons (Fsp3) is 0.444. The van der Waals surface area contributed by atoms with E-state index in [0.717, 1.165) is 31.6 Å². The summed E-state index contributed by atoms with van der Waals surface area (Å²) in [6.45, 7) is 5.62. The highest BCUT2D eigenvalue weighted by Crippen LogP contribution is 2.27. The van der Waals surface area contributed by atoms with Gasteiger partial charge in [0.1, 0.15) is 0 Å². The van der Waals surface area contributed by atoms with Crippen LogP contribution in [0.3, 0.4) is 0 Å². The van der Waals surface area contributed by atoms with Crippen molar-refractivity contribution in [1.82, 2.24) is 10.1 Å². The van der Waals surface area contributed by atoms with E-state index in [0.29, 0.717) is 11.7 Å². The van der Waals surface area contributed by atoms with Crippen molar-refractivity contribution in [2.75, 3.05) is 13.1 Å². The number of carbonyl (C=O) groups excluding carboxylic acids is 1. The highest BCUT2D eigenvalue weighted by molar-refractivity contribution is 5.91. The zero-order chi connectivity index (χ0) is 15.5. The number of hydrogen-bond acceptors (Lipinski definition) is 3. The van der Waals surface area contributed by atoms with Crippen LogP contribution in [-0.4, -0.2) is 29.1 Å². The van der Waals surface area contributed by atoms with Crippen LogP contribution in [0.15, 0.2) is 40.9 Å². The van der Waals surface area contributed by atoms with Crippen molar-refractivity contribution in [1.29, 1.82) is 0 Å². The molecular weight excluding hydrogens is 276 g/mol. The van der Waals surface area contributed by atoms with Crippen LogP contribution in [0.4, 0.5) is 0 Å². The van der Waals surface area contributed by atoms with E-state index in [1.54, 1.807) is 6.07 Å². The van der Waals surface area contributed by atoms with E-state index in [9.17, 15) is 4.79 Å². The zero-order valence-electron chi connectivity index (χ0n) is 13.2. The van der Waals surface area contributed by atoms with Crippen LogP contribution in [0.25, 0.3) is 0 Å². The number of likely N-dealkylation sites (tertiary alicyclic amines) is 1. The van der Waals surface area contributed by atoms with Gasteiger partial charge in [0.25, 0.3) is 5.91 Å². The smallest absolute Gasteiger partial charge is 0.292 e. The number of nitrogens with zero attached hydrogens (tertiary/aromatic N) is 2. The van der Waals surface area contributed by atoms with Gasteiger partial charge in [0.05, 0.1) is 5.69 Å². The first-order valence-electron chi connectivity index (χ1n) is 7.96. The molecule has 22 heavy (non-hydrogen) atoms. The number of piperidine rings is 1. The average molecular weight is 298 g/mol. The lowest BCUT2D eigenvalue weighted by Gasteiger charge is -2.32. The second kappa shape index (κ2) is 6.34. The fourth-order valence-electron chi connectivity index (χ4n) is 2.98. The summed E-state index contributed by atoms with van der Waals surface area (Å²) in [5, 5.41) is 3.99. The number of amides is 1. The number of rotatable bonds is 3. The minimum Gasteiger partial charge on any atom is -0.351 e. The molecule has 1 fully saturated rings. The van der Waals surface area contributed by atoms with Gasteiger partial charge in [-0.2, -0.15) is 0 Å². The molecule has 1 unspecified atom stereocenters. The van der Waals surface area contributed by atoms with E-state index < -0.39 is 0 Å². The summed E-state index contributed by atoms with van der Waals surface area (Å²) in [5.41, 5.74) is 2.14. The monoisotopic (exact) mass is 298 g/mol. The van der Waals surface area contributed by atoms with Crippen molar-refractivity contribution < 1.29 is 9.32 Å². The molecule has 1 atom stereocenters. The predicted molar refractivity (Wildman–Crippen MR) is 84.9 cm³/mol. The van der Waals surface area contributed by atoms with Crippen LogP contribution >= 0.6 is 0 Å². The maximum Gasteiger partial charge on any atom is 0.292 e. The molecule has 1 aliphatic heterocycles. The molecule has 0 saturated carbocycles. The van der Waals surface area contributed by atoms with Gasteiger partial charge in [0, 0.05) is 25.1 Å². The number of aromatic nitrogens is 1. The summed E-state index contributed by atoms with van der Waals surface area (Å²) in [6, 6.07) is 12.2. The Bertz CT molecular complexity index is 634. The summed E-state index contributed by atoms with van der Waals surface area (Å²) in [4.78, 5) is 14.5. The maximum absolute atomic E-state index is 12.6. The molecular formula is C18H22N2O2. The fourth-order valence-corrected chi connectivity index (χ4v) is 2.98. The lowest BCUT2D eigenvalue weighted by Crippen LogP contribution is -2.39. The van der Waals surface area contributed by atoms with Crippen LogP contribution in [-0.2, 0) is 0 Å². The normalized spacial score (nSPS) is 18.7. The van der Waals surface area contributed by atoms with Gasteiger partial charge in [0.15, 0.2) is 0 Å². The van der Waals surface area contributed by atoms with Crippen LogP contribution in [0, 0.1) is 0 Å². The van der Waals surface area contributed by atoms with E-state index in [1.165, 1.54) is 5.56 Å². The van der Waals surface area contributed by atoms with Gasteiger partial charge >= 0.3 is 0 Å². The SMILES string of the molecule is CC(C)c1cc(C(=O)N2CCCC(c3ccccc3)C2)on1. The van der Waals surface area contributed by atoms with Gasteiger partial charge in [0.2, 0.25) is 5.76 Å². The number of hydrogen-bond donors (Lipinski definition) is 0. The third kappa shape index (κ3) is 3.06. The topological polar surface area (TPSA) is 46.3 Å². The first-order chi connectivity index (χ1) is 10.6. The molecule has 1 amide bonds. The quantitative estimate of drug-likeness (QED) is 0.865. The molecule has 3 rings (SSSR count). The van der Waals surface area contributed by atoms with Gasteiger partial charge in [-0.15, -0.1) is 0 Å². The summed E-state index contributed by atoms with van der Waals surface area (Å²) in [6.07, 6.45) is 2.15. The van der Waals surface area contributed by atoms with Crippen LogP contribution in [0.1, 0.15) is 60.3 Å². The molecule has 2 heterocycles. The van der Waals surface area contributed by atoms with E-state index in [1.807, 2.05) is 24.8 Å². The molecule has 4 nitrogen and oxygen atoms in total. The Hall–Kier alpha value is -2.10. The number of carbonyl (C=O) groups is 1. The molecule has 0 radical (unpaired) electrons. The Morgan fingerprint density at radius 1 is 1.32 bits per heavy atom. The van der Waals surface area contributed by atoms with Crippen molar-refractivity contribution in [3.63, 3.8) is 0 Å². The Labute approximate surface area is 131 Å². The van der Waals surface area contributed by atoms with E-state index in [4.69, 9.17) is 4.52 Å². The summed E-state index contributed by atoms with van der Waals surface area (Å²) in [7, 11) is 0. The van der Waals surface area contributed by atoms with Crippen molar-refractivity contribution in [2.45, 2.75) is 38.5 Å². The highest BCUT2D eigenvalue weighted by Gasteiger charge is 2.27. The van der Waals surface area contributed by atoms with E-state index in [-0.39, 0.29) is 11.8 Å². The van der Waals surface area contributed by atoms with Crippen molar-refractivity contribution in [2.24, 2.45) is 0 Å². The number of benzene rings is 1. The summed E-state index contributed by atoms with van der Waals surface area (Å²) >= 11 is 0. The molecule has 0 aliphatic carbocycles. The second-order valence-electron chi connectivity index (χ2n) is 6.27. The van der Waals surface area contributed by atoms with E-state index in [2.05, 4.69) is 29.4 Å². The van der Waals surface area contributed by atoms with E-state index >= 15 is 0 Å². The van der Waals surface area contributed by atoms with Crippen LogP contribution in [0.2, 0.25) is 0 Å². The molecule has 0 spiro atoms. The largest absolute Gasteiger partial charge is 0.351 e. The summed E-state index contributed by atoms with van der Waals surface area (Å²) < 4.78 is 5.24. The molecule has 2 aromatic rings. The van der Waals surface area contributed by atoms with Crippen molar-refractivity contribution in [3.8, 4) is 0 Å². The molecule has 4 heteroatoms. The lowest BCUT2D eigenvalue weighted by atomic mass is 9.90. The minimum absolute atomic E-state index is 0.0416. The molecule has 1 aliphatic rings. The van der Waals surface area contributed by atoms with Gasteiger partial charge in [-0.1, -0.05) is 49.3 Å². The van der Waals surface area contributed by atoms with Gasteiger partial charge in [-0.25, -0.2) is 0 Å². The van der Waals surface area contributed by atoms with Crippen LogP contribution in [0.5, 0.6) is 0 Å². The molecule has 1 saturated heterocycles. The maximum atomic E-state index is 12.6. The van der Waals surface area contributed by atoms with Gasteiger partial charge in [-0.05, 0) is 24.3 Å². The molecule has 0 N–H and O–H groups in total. The minimum atomic E-state index is -0.0416. The van der Waals surface area contributed by atoms with Gasteiger partial charge in [-0.3, -0.25) is 4.79 Å². The van der Waals surface area contributed by atoms with Gasteiger partial charge < -0.3 is 9.42 Å². The predicted octanol–water partition coefficient (Wildman–Crippen LogP) is 3.82. The first-order valence-corrected chi connectivity index (χ1v) is 7.96. The molecule has 1 aromatic carbocycles. The Morgan fingerprint density at radius 3 is 2.77 bits per heavy atom. The second-order valence-corrected chi connectivity index (χ2v) is 6.27. The standard InChI is InChI=1S/C18H22N2O2/c1-13(2)16-11-17(22-19-16)18(21)20-10-6-9-15(12-20)14-7-4-3-5-8-14/h3-5,7-8,11,13,15H,6,9-10,12H2,1-2H3. The molecule has 1 aromatic heterocycles. The zero-order valence-corrected chi connectivity index (χ0v) is 13.2. The van der Waals surface area contributed by atoms with Crippen LogP contribution < -0.4 is 0 Å². The Kier molecular flexibility index (Phi) is 4.27. The third-order valence-electron chi connectivity index (χ3n) is 4.31.